The van der Waals surface area contributed by atoms with Crippen LogP contribution in [0.25, 0.3) is 22.3 Å². The maximum atomic E-state index is 13.5. The standard InChI is InChI=1S/2C28H14O4/c2*29-25-17-7-1-3-9-19(17)27(31)23-15(11-5-13-21(23)25)16-12-6-14-22-24(16)28(32)20-10-4-2-8-18(20)26(22)30/h2*1-14H. The van der Waals surface area contributed by atoms with Crippen LogP contribution in [0.1, 0.15) is 127 Å². The first kappa shape index (κ1) is 38.1. The van der Waals surface area contributed by atoms with Crippen LogP contribution in [0.15, 0.2) is 170 Å². The van der Waals surface area contributed by atoms with Gasteiger partial charge in [-0.2, -0.15) is 0 Å². The fraction of sp³-hybridized carbons (Fsp3) is 0. The fourth-order valence-electron chi connectivity index (χ4n) is 9.48. The highest BCUT2D eigenvalue weighted by Gasteiger charge is 2.38. The summed E-state index contributed by atoms with van der Waals surface area (Å²) in [6.07, 6.45) is 0. The number of rotatable bonds is 2. The van der Waals surface area contributed by atoms with Gasteiger partial charge < -0.3 is 0 Å². The number of ketones is 8. The van der Waals surface area contributed by atoms with Gasteiger partial charge in [0, 0.05) is 89.0 Å². The summed E-state index contributed by atoms with van der Waals surface area (Å²) in [6, 6.07) is 47.2. The van der Waals surface area contributed by atoms with E-state index >= 15 is 0 Å². The van der Waals surface area contributed by atoms with E-state index in [9.17, 15) is 38.4 Å². The van der Waals surface area contributed by atoms with Crippen molar-refractivity contribution in [2.45, 2.75) is 0 Å². The van der Waals surface area contributed by atoms with Gasteiger partial charge in [0.1, 0.15) is 0 Å². The minimum Gasteiger partial charge on any atom is -0.289 e. The van der Waals surface area contributed by atoms with Gasteiger partial charge >= 0.3 is 0 Å². The molecule has 4 aliphatic rings. The zero-order chi connectivity index (χ0) is 44.0. The predicted molar refractivity (Wildman–Crippen MR) is 237 cm³/mol. The largest absolute Gasteiger partial charge is 0.289 e. The number of carbonyl (C=O) groups is 8. The molecule has 0 fully saturated rings. The third-order valence-electron chi connectivity index (χ3n) is 12.4. The Morgan fingerprint density at radius 3 is 0.469 bits per heavy atom. The smallest absolute Gasteiger partial charge is 0.195 e. The van der Waals surface area contributed by atoms with Crippen molar-refractivity contribution in [2.75, 3.05) is 0 Å². The van der Waals surface area contributed by atoms with E-state index < -0.39 is 0 Å². The molecule has 0 saturated carbocycles. The monoisotopic (exact) mass is 828 g/mol. The van der Waals surface area contributed by atoms with Gasteiger partial charge in [-0.1, -0.05) is 170 Å². The van der Waals surface area contributed by atoms with E-state index in [-0.39, 0.29) is 68.5 Å². The number of hydrogen-bond acceptors (Lipinski definition) is 8. The SMILES string of the molecule is O=C1c2ccccc2C(=O)c2c1cccc2-c1cccc2c1C(=O)c1ccccc1C2=O.O=C1c2ccccc2C(=O)c2c1cccc2-c1cccc2c1C(=O)c1ccccc1C2=O. The number of hydrogen-bond donors (Lipinski definition) is 0. The second-order valence-electron chi connectivity index (χ2n) is 15.7. The van der Waals surface area contributed by atoms with Crippen LogP contribution in [0.3, 0.4) is 0 Å². The summed E-state index contributed by atoms with van der Waals surface area (Å²) in [5.74, 6) is -1.97. The van der Waals surface area contributed by atoms with Crippen molar-refractivity contribution < 1.29 is 38.4 Å². The maximum absolute atomic E-state index is 13.5. The van der Waals surface area contributed by atoms with Gasteiger partial charge in [-0.05, 0) is 22.3 Å². The summed E-state index contributed by atoms with van der Waals surface area (Å²) in [4.78, 5) is 106. The maximum Gasteiger partial charge on any atom is 0.195 e. The molecule has 64 heavy (non-hydrogen) atoms. The minimum absolute atomic E-state index is 0.227. The van der Waals surface area contributed by atoms with Crippen molar-refractivity contribution in [1.29, 1.82) is 0 Å². The Kier molecular flexibility index (Phi) is 8.54. The summed E-state index contributed by atoms with van der Waals surface area (Å²) in [5, 5.41) is 0. The molecule has 8 nitrogen and oxygen atoms in total. The highest BCUT2D eigenvalue weighted by molar-refractivity contribution is 6.35. The highest BCUT2D eigenvalue weighted by atomic mass is 16.2. The lowest BCUT2D eigenvalue weighted by atomic mass is 9.76. The minimum atomic E-state index is -0.265. The average molecular weight is 829 g/mol. The molecule has 4 aliphatic carbocycles. The van der Waals surface area contributed by atoms with Crippen molar-refractivity contribution in [1.82, 2.24) is 0 Å². The van der Waals surface area contributed by atoms with Crippen molar-refractivity contribution >= 4 is 46.3 Å². The first-order valence-corrected chi connectivity index (χ1v) is 20.4. The molecule has 0 unspecified atom stereocenters. The van der Waals surface area contributed by atoms with Gasteiger partial charge in [0.25, 0.3) is 0 Å². The molecule has 0 spiro atoms. The first-order chi connectivity index (χ1) is 31.2. The van der Waals surface area contributed by atoms with Crippen LogP contribution in [0.2, 0.25) is 0 Å². The molecular weight excluding hydrogens is 801 g/mol. The van der Waals surface area contributed by atoms with E-state index in [0.29, 0.717) is 89.0 Å². The Bertz CT molecular complexity index is 3080. The van der Waals surface area contributed by atoms with Gasteiger partial charge in [0.15, 0.2) is 46.3 Å². The van der Waals surface area contributed by atoms with Crippen LogP contribution in [0.4, 0.5) is 0 Å². The first-order valence-electron chi connectivity index (χ1n) is 20.4. The van der Waals surface area contributed by atoms with Gasteiger partial charge in [0.05, 0.1) is 0 Å². The zero-order valence-corrected chi connectivity index (χ0v) is 33.4. The Morgan fingerprint density at radius 2 is 0.281 bits per heavy atom. The molecule has 0 heterocycles. The molecule has 8 aromatic carbocycles. The Labute approximate surface area is 364 Å². The Balaban J connectivity index is 0.000000143. The van der Waals surface area contributed by atoms with Crippen LogP contribution in [0, 0.1) is 0 Å². The van der Waals surface area contributed by atoms with Crippen molar-refractivity contribution in [2.24, 2.45) is 0 Å². The van der Waals surface area contributed by atoms with Gasteiger partial charge in [-0.25, -0.2) is 0 Å². The lowest BCUT2D eigenvalue weighted by Gasteiger charge is -2.23. The van der Waals surface area contributed by atoms with Crippen molar-refractivity contribution in [3.05, 3.63) is 259 Å². The second kappa shape index (κ2) is 14.4. The molecule has 0 atom stereocenters. The van der Waals surface area contributed by atoms with Crippen LogP contribution in [-0.4, -0.2) is 46.3 Å². The fourth-order valence-corrected chi connectivity index (χ4v) is 9.48. The van der Waals surface area contributed by atoms with Gasteiger partial charge in [-0.15, -0.1) is 0 Å². The normalized spacial score (nSPS) is 13.9. The molecular formula is C56H28O8. The van der Waals surface area contributed by atoms with E-state index in [2.05, 4.69) is 0 Å². The summed E-state index contributed by atoms with van der Waals surface area (Å²) >= 11 is 0. The predicted octanol–water partition coefficient (Wildman–Crippen LogP) is 9.81. The average Bonchev–Trinajstić information content (AvgIpc) is 3.35. The third-order valence-corrected chi connectivity index (χ3v) is 12.4. The van der Waals surface area contributed by atoms with E-state index in [1.807, 2.05) is 0 Å². The molecule has 0 saturated heterocycles. The topological polar surface area (TPSA) is 137 Å². The third kappa shape index (κ3) is 5.42. The lowest BCUT2D eigenvalue weighted by molar-refractivity contribution is 0.0978. The molecule has 0 aliphatic heterocycles. The van der Waals surface area contributed by atoms with E-state index in [4.69, 9.17) is 0 Å². The van der Waals surface area contributed by atoms with E-state index in [0.717, 1.165) is 0 Å². The summed E-state index contributed by atoms with van der Waals surface area (Å²) in [6.45, 7) is 0. The van der Waals surface area contributed by atoms with E-state index in [1.54, 1.807) is 170 Å². The quantitative estimate of drug-likeness (QED) is 0.168. The molecule has 300 valence electrons. The highest BCUT2D eigenvalue weighted by Crippen LogP contribution is 2.41. The zero-order valence-electron chi connectivity index (χ0n) is 33.4. The number of carbonyl (C=O) groups excluding carboxylic acids is 8. The molecule has 0 amide bonds. The van der Waals surface area contributed by atoms with Gasteiger partial charge in [0.2, 0.25) is 0 Å². The summed E-state index contributed by atoms with van der Waals surface area (Å²) < 4.78 is 0. The second-order valence-corrected chi connectivity index (χ2v) is 15.7. The van der Waals surface area contributed by atoms with Gasteiger partial charge in [-0.3, -0.25) is 38.4 Å². The van der Waals surface area contributed by atoms with Crippen LogP contribution in [0.5, 0.6) is 0 Å². The molecule has 8 heteroatoms. The Morgan fingerprint density at radius 1 is 0.141 bits per heavy atom. The molecule has 0 aromatic heterocycles. The molecule has 12 rings (SSSR count). The number of benzene rings is 8. The van der Waals surface area contributed by atoms with Crippen LogP contribution in [-0.2, 0) is 0 Å². The van der Waals surface area contributed by atoms with Crippen molar-refractivity contribution in [3.8, 4) is 22.3 Å². The molecule has 0 N–H and O–H groups in total. The summed E-state index contributed by atoms with van der Waals surface area (Å²) in [5.41, 5.74) is 7.07. The van der Waals surface area contributed by atoms with E-state index in [1.165, 1.54) is 0 Å². The molecule has 0 radical (unpaired) electrons. The van der Waals surface area contributed by atoms with Crippen LogP contribution >= 0.6 is 0 Å². The van der Waals surface area contributed by atoms with Crippen LogP contribution < -0.4 is 0 Å². The molecule has 0 bridgehead atoms. The summed E-state index contributed by atoms with van der Waals surface area (Å²) in [7, 11) is 0. The van der Waals surface area contributed by atoms with Crippen molar-refractivity contribution in [3.63, 3.8) is 0 Å². The Hall–Kier alpha value is -8.88. The lowest BCUT2D eigenvalue weighted by Crippen LogP contribution is -2.24. The number of fused-ring (bicyclic) bond motifs is 8. The molecule has 8 aromatic rings.